The van der Waals surface area contributed by atoms with E-state index in [1.807, 2.05) is 0 Å². The monoisotopic (exact) mass is 287 g/mol. The first-order valence-corrected chi connectivity index (χ1v) is 6.66. The Balaban J connectivity index is 2.29. The van der Waals surface area contributed by atoms with Crippen molar-refractivity contribution in [3.8, 4) is 0 Å². The Kier molecular flexibility index (Phi) is 6.78. The highest BCUT2D eigenvalue weighted by molar-refractivity contribution is 5.83. The molecular formula is C12H21N3O5. The van der Waals surface area contributed by atoms with Crippen molar-refractivity contribution in [1.29, 1.82) is 0 Å². The standard InChI is InChI=1S/C12H21N3O5/c13-10(16)5-4-9(11(17)18)15-12(19)14-7-8-3-1-2-6-20-8/h8-9H,1-7H2,(H2,13,16)(H,17,18)(H2,14,15,19)/t8?,9-/m0/s1. The Labute approximate surface area is 117 Å². The van der Waals surface area contributed by atoms with Crippen LogP contribution in [0.15, 0.2) is 0 Å². The number of carboxylic acid groups (broad SMARTS) is 1. The van der Waals surface area contributed by atoms with Gasteiger partial charge in [-0.25, -0.2) is 9.59 Å². The molecule has 3 amide bonds. The predicted octanol–water partition coefficient (Wildman–Crippen LogP) is -0.427. The van der Waals surface area contributed by atoms with Gasteiger partial charge in [0.05, 0.1) is 6.10 Å². The molecule has 1 saturated heterocycles. The van der Waals surface area contributed by atoms with Gasteiger partial charge in [-0.3, -0.25) is 4.79 Å². The van der Waals surface area contributed by atoms with Crippen molar-refractivity contribution in [2.45, 2.75) is 44.2 Å². The lowest BCUT2D eigenvalue weighted by atomic mass is 10.1. The van der Waals surface area contributed by atoms with Gasteiger partial charge in [-0.2, -0.15) is 0 Å². The van der Waals surface area contributed by atoms with Gasteiger partial charge in [-0.15, -0.1) is 0 Å². The van der Waals surface area contributed by atoms with E-state index in [1.165, 1.54) is 0 Å². The summed E-state index contributed by atoms with van der Waals surface area (Å²) in [4.78, 5) is 33.2. The Morgan fingerprint density at radius 3 is 2.65 bits per heavy atom. The van der Waals surface area contributed by atoms with E-state index in [1.54, 1.807) is 0 Å². The van der Waals surface area contributed by atoms with Crippen LogP contribution in [-0.4, -0.2) is 48.3 Å². The minimum Gasteiger partial charge on any atom is -0.480 e. The summed E-state index contributed by atoms with van der Waals surface area (Å²) in [5, 5.41) is 13.8. The highest BCUT2D eigenvalue weighted by atomic mass is 16.5. The molecule has 0 saturated carbocycles. The normalized spacial score (nSPS) is 19.9. The van der Waals surface area contributed by atoms with Crippen LogP contribution in [0.25, 0.3) is 0 Å². The molecule has 1 unspecified atom stereocenters. The maximum absolute atomic E-state index is 11.6. The molecule has 8 heteroatoms. The van der Waals surface area contributed by atoms with Crippen LogP contribution in [0.5, 0.6) is 0 Å². The second-order valence-corrected chi connectivity index (χ2v) is 4.74. The molecule has 0 aromatic heterocycles. The van der Waals surface area contributed by atoms with Crippen molar-refractivity contribution in [3.63, 3.8) is 0 Å². The molecule has 0 aromatic carbocycles. The molecule has 0 bridgehead atoms. The van der Waals surface area contributed by atoms with Crippen LogP contribution < -0.4 is 16.4 Å². The van der Waals surface area contributed by atoms with Crippen LogP contribution >= 0.6 is 0 Å². The van der Waals surface area contributed by atoms with Crippen LogP contribution in [0.2, 0.25) is 0 Å². The van der Waals surface area contributed by atoms with E-state index in [2.05, 4.69) is 10.6 Å². The molecule has 1 heterocycles. The topological polar surface area (TPSA) is 131 Å². The average Bonchev–Trinajstić information content (AvgIpc) is 2.41. The summed E-state index contributed by atoms with van der Waals surface area (Å²) < 4.78 is 5.44. The van der Waals surface area contributed by atoms with Crippen LogP contribution in [0.1, 0.15) is 32.1 Å². The number of amides is 3. The molecule has 5 N–H and O–H groups in total. The van der Waals surface area contributed by atoms with Crippen molar-refractivity contribution in [2.24, 2.45) is 5.73 Å². The fourth-order valence-electron chi connectivity index (χ4n) is 1.93. The Hall–Kier alpha value is -1.83. The number of ether oxygens (including phenoxy) is 1. The highest BCUT2D eigenvalue weighted by Gasteiger charge is 2.21. The minimum atomic E-state index is -1.20. The number of carboxylic acids is 1. The maximum atomic E-state index is 11.6. The Bertz CT molecular complexity index is 355. The summed E-state index contributed by atoms with van der Waals surface area (Å²) in [6.07, 6.45) is 2.82. The van der Waals surface area contributed by atoms with Gasteiger partial charge < -0.3 is 26.2 Å². The number of nitrogens with two attached hydrogens (primary N) is 1. The van der Waals surface area contributed by atoms with E-state index in [9.17, 15) is 14.4 Å². The number of hydrogen-bond acceptors (Lipinski definition) is 4. The number of primary amides is 1. The second kappa shape index (κ2) is 8.36. The lowest BCUT2D eigenvalue weighted by Gasteiger charge is -2.23. The summed E-state index contributed by atoms with van der Waals surface area (Å²) >= 11 is 0. The summed E-state index contributed by atoms with van der Waals surface area (Å²) in [5.74, 6) is -1.80. The number of carbonyl (C=O) groups is 3. The molecule has 20 heavy (non-hydrogen) atoms. The summed E-state index contributed by atoms with van der Waals surface area (Å²) in [6.45, 7) is 1.03. The second-order valence-electron chi connectivity index (χ2n) is 4.74. The van der Waals surface area contributed by atoms with Gasteiger partial charge >= 0.3 is 12.0 Å². The summed E-state index contributed by atoms with van der Waals surface area (Å²) in [5.41, 5.74) is 4.95. The summed E-state index contributed by atoms with van der Waals surface area (Å²) in [7, 11) is 0. The van der Waals surface area contributed by atoms with Crippen LogP contribution in [-0.2, 0) is 14.3 Å². The zero-order valence-corrected chi connectivity index (χ0v) is 11.3. The average molecular weight is 287 g/mol. The largest absolute Gasteiger partial charge is 0.480 e. The maximum Gasteiger partial charge on any atom is 0.326 e. The van der Waals surface area contributed by atoms with Gasteiger partial charge in [-0.05, 0) is 25.7 Å². The molecule has 0 aliphatic carbocycles. The third kappa shape index (κ3) is 6.37. The lowest BCUT2D eigenvalue weighted by Crippen LogP contribution is -2.48. The summed E-state index contributed by atoms with van der Waals surface area (Å²) in [6, 6.07) is -1.72. The minimum absolute atomic E-state index is 0.0246. The van der Waals surface area contributed by atoms with E-state index in [-0.39, 0.29) is 18.9 Å². The van der Waals surface area contributed by atoms with Gasteiger partial charge in [0.2, 0.25) is 5.91 Å². The van der Waals surface area contributed by atoms with Crippen molar-refractivity contribution < 1.29 is 24.2 Å². The van der Waals surface area contributed by atoms with Crippen LogP contribution in [0.3, 0.4) is 0 Å². The van der Waals surface area contributed by atoms with Gasteiger partial charge in [0.15, 0.2) is 0 Å². The number of aliphatic carboxylic acids is 1. The van der Waals surface area contributed by atoms with Crippen LogP contribution in [0, 0.1) is 0 Å². The third-order valence-electron chi connectivity index (χ3n) is 3.05. The fraction of sp³-hybridized carbons (Fsp3) is 0.750. The molecule has 1 rings (SSSR count). The first-order chi connectivity index (χ1) is 9.49. The molecule has 0 spiro atoms. The zero-order chi connectivity index (χ0) is 15.0. The molecule has 114 valence electrons. The molecule has 1 aliphatic heterocycles. The van der Waals surface area contributed by atoms with Gasteiger partial charge in [0.25, 0.3) is 0 Å². The Morgan fingerprint density at radius 2 is 2.10 bits per heavy atom. The number of rotatable bonds is 7. The van der Waals surface area contributed by atoms with E-state index in [0.717, 1.165) is 19.3 Å². The molecule has 8 nitrogen and oxygen atoms in total. The molecule has 1 aliphatic rings. The fourth-order valence-corrected chi connectivity index (χ4v) is 1.93. The first-order valence-electron chi connectivity index (χ1n) is 6.66. The van der Waals surface area contributed by atoms with Gasteiger partial charge in [0, 0.05) is 19.6 Å². The highest BCUT2D eigenvalue weighted by Crippen LogP contribution is 2.11. The zero-order valence-electron chi connectivity index (χ0n) is 11.3. The smallest absolute Gasteiger partial charge is 0.326 e. The third-order valence-corrected chi connectivity index (χ3v) is 3.05. The molecule has 2 atom stereocenters. The van der Waals surface area contributed by atoms with Gasteiger partial charge in [-0.1, -0.05) is 0 Å². The number of carbonyl (C=O) groups excluding carboxylic acids is 2. The van der Waals surface area contributed by atoms with Crippen molar-refractivity contribution in [3.05, 3.63) is 0 Å². The molecule has 1 fully saturated rings. The number of urea groups is 1. The number of hydrogen-bond donors (Lipinski definition) is 4. The van der Waals surface area contributed by atoms with E-state index >= 15 is 0 Å². The van der Waals surface area contributed by atoms with E-state index in [0.29, 0.717) is 13.2 Å². The molecule has 0 radical (unpaired) electrons. The van der Waals surface area contributed by atoms with Gasteiger partial charge in [0.1, 0.15) is 6.04 Å². The lowest BCUT2D eigenvalue weighted by molar-refractivity contribution is -0.139. The first kappa shape index (κ1) is 16.2. The number of nitrogens with one attached hydrogen (secondary N) is 2. The quantitative estimate of drug-likeness (QED) is 0.505. The van der Waals surface area contributed by atoms with Crippen molar-refractivity contribution in [1.82, 2.24) is 10.6 Å². The van der Waals surface area contributed by atoms with Crippen molar-refractivity contribution >= 4 is 17.9 Å². The van der Waals surface area contributed by atoms with E-state index in [4.69, 9.17) is 15.6 Å². The van der Waals surface area contributed by atoms with Crippen LogP contribution in [0.4, 0.5) is 4.79 Å². The molecule has 0 aromatic rings. The van der Waals surface area contributed by atoms with E-state index < -0.39 is 23.9 Å². The van der Waals surface area contributed by atoms with Crippen molar-refractivity contribution in [2.75, 3.05) is 13.2 Å². The Morgan fingerprint density at radius 1 is 1.35 bits per heavy atom. The molecular weight excluding hydrogens is 266 g/mol. The predicted molar refractivity (Wildman–Crippen MR) is 70.0 cm³/mol. The SMILES string of the molecule is NC(=O)CC[C@H](NC(=O)NCC1CCCCO1)C(=O)O.